The molecule has 90 valence electrons. The molecule has 2 N–H and O–H groups in total. The SMILES string of the molecule is CC(NCc1cccc(CO)c1)c1ccco1. The van der Waals surface area contributed by atoms with Crippen LogP contribution in [0, 0.1) is 0 Å². The maximum absolute atomic E-state index is 9.05. The van der Waals surface area contributed by atoms with E-state index in [4.69, 9.17) is 9.52 Å². The van der Waals surface area contributed by atoms with Crippen molar-refractivity contribution in [3.63, 3.8) is 0 Å². The Morgan fingerprint density at radius 3 is 2.76 bits per heavy atom. The molecule has 3 heteroatoms. The fraction of sp³-hybridized carbons (Fsp3) is 0.286. The second-order valence-electron chi connectivity index (χ2n) is 4.10. The van der Waals surface area contributed by atoms with Gasteiger partial charge < -0.3 is 14.8 Å². The van der Waals surface area contributed by atoms with Crippen LogP contribution in [0.5, 0.6) is 0 Å². The number of benzene rings is 1. The highest BCUT2D eigenvalue weighted by molar-refractivity contribution is 5.23. The lowest BCUT2D eigenvalue weighted by Crippen LogP contribution is -2.17. The number of hydrogen-bond donors (Lipinski definition) is 2. The van der Waals surface area contributed by atoms with E-state index in [2.05, 4.69) is 12.2 Å². The van der Waals surface area contributed by atoms with E-state index in [0.717, 1.165) is 23.4 Å². The van der Waals surface area contributed by atoms with E-state index >= 15 is 0 Å². The van der Waals surface area contributed by atoms with E-state index in [1.807, 2.05) is 36.4 Å². The lowest BCUT2D eigenvalue weighted by atomic mass is 10.1. The topological polar surface area (TPSA) is 45.4 Å². The van der Waals surface area contributed by atoms with Crippen LogP contribution in [0.1, 0.15) is 29.9 Å². The maximum Gasteiger partial charge on any atom is 0.120 e. The fourth-order valence-corrected chi connectivity index (χ4v) is 1.75. The largest absolute Gasteiger partial charge is 0.468 e. The van der Waals surface area contributed by atoms with Crippen LogP contribution in [0.4, 0.5) is 0 Å². The first-order valence-corrected chi connectivity index (χ1v) is 5.75. The van der Waals surface area contributed by atoms with Crippen molar-refractivity contribution in [1.29, 1.82) is 0 Å². The quantitative estimate of drug-likeness (QED) is 0.831. The van der Waals surface area contributed by atoms with Crippen LogP contribution in [0.2, 0.25) is 0 Å². The third kappa shape index (κ3) is 3.19. The summed E-state index contributed by atoms with van der Waals surface area (Å²) in [6, 6.07) is 12.0. The summed E-state index contributed by atoms with van der Waals surface area (Å²) in [6.07, 6.45) is 1.68. The Balaban J connectivity index is 1.93. The van der Waals surface area contributed by atoms with Gasteiger partial charge in [0, 0.05) is 6.54 Å². The van der Waals surface area contributed by atoms with Crippen molar-refractivity contribution in [1.82, 2.24) is 5.32 Å². The molecule has 1 heterocycles. The number of nitrogens with one attached hydrogen (secondary N) is 1. The van der Waals surface area contributed by atoms with Gasteiger partial charge in [-0.05, 0) is 30.2 Å². The van der Waals surface area contributed by atoms with Gasteiger partial charge in [0.25, 0.3) is 0 Å². The summed E-state index contributed by atoms with van der Waals surface area (Å²) in [5.41, 5.74) is 2.10. The summed E-state index contributed by atoms with van der Waals surface area (Å²) in [6.45, 7) is 2.91. The Bertz CT molecular complexity index is 451. The van der Waals surface area contributed by atoms with Crippen molar-refractivity contribution in [2.75, 3.05) is 0 Å². The molecular formula is C14H17NO2. The summed E-state index contributed by atoms with van der Waals surface area (Å²) in [7, 11) is 0. The monoisotopic (exact) mass is 231 g/mol. The average Bonchev–Trinajstić information content (AvgIpc) is 2.90. The molecule has 0 aliphatic heterocycles. The van der Waals surface area contributed by atoms with Gasteiger partial charge in [0.05, 0.1) is 18.9 Å². The Kier molecular flexibility index (Phi) is 3.96. The highest BCUT2D eigenvalue weighted by Gasteiger charge is 2.06. The Morgan fingerprint density at radius 2 is 2.06 bits per heavy atom. The van der Waals surface area contributed by atoms with Crippen molar-refractivity contribution in [2.45, 2.75) is 26.1 Å². The number of rotatable bonds is 5. The maximum atomic E-state index is 9.05. The van der Waals surface area contributed by atoms with Gasteiger partial charge in [-0.1, -0.05) is 24.3 Å². The summed E-state index contributed by atoms with van der Waals surface area (Å²) in [5, 5.41) is 12.4. The molecule has 0 radical (unpaired) electrons. The zero-order chi connectivity index (χ0) is 12.1. The van der Waals surface area contributed by atoms with E-state index < -0.39 is 0 Å². The van der Waals surface area contributed by atoms with Gasteiger partial charge in [0.15, 0.2) is 0 Å². The summed E-state index contributed by atoms with van der Waals surface area (Å²) in [5.74, 6) is 0.934. The number of furan rings is 1. The summed E-state index contributed by atoms with van der Waals surface area (Å²) >= 11 is 0. The zero-order valence-corrected chi connectivity index (χ0v) is 9.89. The molecule has 1 unspecified atom stereocenters. The van der Waals surface area contributed by atoms with Gasteiger partial charge in [-0.3, -0.25) is 0 Å². The number of aliphatic hydroxyl groups is 1. The smallest absolute Gasteiger partial charge is 0.120 e. The van der Waals surface area contributed by atoms with E-state index in [-0.39, 0.29) is 12.6 Å². The minimum atomic E-state index is 0.0849. The van der Waals surface area contributed by atoms with Crippen molar-refractivity contribution >= 4 is 0 Å². The number of hydrogen-bond acceptors (Lipinski definition) is 3. The molecule has 0 saturated carbocycles. The van der Waals surface area contributed by atoms with Gasteiger partial charge in [0.1, 0.15) is 5.76 Å². The number of aliphatic hydroxyl groups excluding tert-OH is 1. The van der Waals surface area contributed by atoms with Crippen molar-refractivity contribution in [3.8, 4) is 0 Å². The second-order valence-corrected chi connectivity index (χ2v) is 4.10. The second kappa shape index (κ2) is 5.66. The first kappa shape index (κ1) is 11.9. The fourth-order valence-electron chi connectivity index (χ4n) is 1.75. The molecule has 17 heavy (non-hydrogen) atoms. The molecular weight excluding hydrogens is 214 g/mol. The Labute approximate surface area is 101 Å². The van der Waals surface area contributed by atoms with E-state index in [9.17, 15) is 0 Å². The van der Waals surface area contributed by atoms with Crippen LogP contribution in [0.25, 0.3) is 0 Å². The Morgan fingerprint density at radius 1 is 1.24 bits per heavy atom. The molecule has 0 amide bonds. The molecule has 2 aromatic rings. The van der Waals surface area contributed by atoms with Crippen LogP contribution in [0.15, 0.2) is 47.1 Å². The predicted molar refractivity (Wildman–Crippen MR) is 66.3 cm³/mol. The molecule has 0 fully saturated rings. The van der Waals surface area contributed by atoms with Crippen LogP contribution >= 0.6 is 0 Å². The lowest BCUT2D eigenvalue weighted by Gasteiger charge is -2.11. The van der Waals surface area contributed by atoms with Crippen molar-refractivity contribution < 1.29 is 9.52 Å². The first-order chi connectivity index (χ1) is 8.29. The molecule has 0 spiro atoms. The predicted octanol–water partition coefficient (Wildman–Crippen LogP) is 2.62. The zero-order valence-electron chi connectivity index (χ0n) is 9.89. The molecule has 3 nitrogen and oxygen atoms in total. The molecule has 0 saturated heterocycles. The van der Waals surface area contributed by atoms with Crippen LogP contribution < -0.4 is 5.32 Å². The third-order valence-corrected chi connectivity index (χ3v) is 2.76. The summed E-state index contributed by atoms with van der Waals surface area (Å²) in [4.78, 5) is 0. The van der Waals surface area contributed by atoms with Crippen molar-refractivity contribution in [2.24, 2.45) is 0 Å². The molecule has 1 atom stereocenters. The first-order valence-electron chi connectivity index (χ1n) is 5.75. The minimum Gasteiger partial charge on any atom is -0.468 e. The molecule has 0 aliphatic rings. The normalized spacial score (nSPS) is 12.6. The standard InChI is InChI=1S/C14H17NO2/c1-11(14-6-3-7-17-14)15-9-12-4-2-5-13(8-12)10-16/h2-8,11,15-16H,9-10H2,1H3. The third-order valence-electron chi connectivity index (χ3n) is 2.76. The van der Waals surface area contributed by atoms with Gasteiger partial charge in [-0.25, -0.2) is 0 Å². The van der Waals surface area contributed by atoms with Crippen molar-refractivity contribution in [3.05, 3.63) is 59.5 Å². The van der Waals surface area contributed by atoms with E-state index in [1.165, 1.54) is 0 Å². The molecule has 0 bridgehead atoms. The van der Waals surface area contributed by atoms with Gasteiger partial charge in [-0.15, -0.1) is 0 Å². The molecule has 2 rings (SSSR count). The van der Waals surface area contributed by atoms with Gasteiger partial charge in [-0.2, -0.15) is 0 Å². The molecule has 1 aromatic heterocycles. The van der Waals surface area contributed by atoms with Gasteiger partial charge in [0.2, 0.25) is 0 Å². The highest BCUT2D eigenvalue weighted by Crippen LogP contribution is 2.13. The molecule has 1 aromatic carbocycles. The average molecular weight is 231 g/mol. The Hall–Kier alpha value is -1.58. The summed E-state index contributed by atoms with van der Waals surface area (Å²) < 4.78 is 5.33. The van der Waals surface area contributed by atoms with E-state index in [0.29, 0.717) is 0 Å². The van der Waals surface area contributed by atoms with Crippen LogP contribution in [-0.2, 0) is 13.2 Å². The van der Waals surface area contributed by atoms with Crippen LogP contribution in [0.3, 0.4) is 0 Å². The van der Waals surface area contributed by atoms with Gasteiger partial charge >= 0.3 is 0 Å². The lowest BCUT2D eigenvalue weighted by molar-refractivity contribution is 0.281. The van der Waals surface area contributed by atoms with E-state index in [1.54, 1.807) is 6.26 Å². The van der Waals surface area contributed by atoms with Crippen LogP contribution in [-0.4, -0.2) is 5.11 Å². The molecule has 0 aliphatic carbocycles. The minimum absolute atomic E-state index is 0.0849. The highest BCUT2D eigenvalue weighted by atomic mass is 16.3.